The van der Waals surface area contributed by atoms with Crippen molar-refractivity contribution in [1.29, 1.82) is 0 Å². The van der Waals surface area contributed by atoms with Crippen LogP contribution in [0.25, 0.3) is 5.57 Å². The van der Waals surface area contributed by atoms with Crippen molar-refractivity contribution in [3.05, 3.63) is 54.1 Å². The lowest BCUT2D eigenvalue weighted by Gasteiger charge is -2.13. The van der Waals surface area contributed by atoms with Crippen LogP contribution in [0.5, 0.6) is 0 Å². The van der Waals surface area contributed by atoms with Crippen LogP contribution >= 0.6 is 0 Å². The predicted molar refractivity (Wildman–Crippen MR) is 67.2 cm³/mol. The van der Waals surface area contributed by atoms with Gasteiger partial charge in [-0.3, -0.25) is 9.59 Å². The minimum absolute atomic E-state index is 0.105. The Bertz CT molecular complexity index is 601. The van der Waals surface area contributed by atoms with Crippen LogP contribution in [-0.4, -0.2) is 22.8 Å². The van der Waals surface area contributed by atoms with Crippen LogP contribution in [0, 0.1) is 0 Å². The maximum Gasteiger partial charge on any atom is 0.359 e. The number of rotatable bonds is 3. The van der Waals surface area contributed by atoms with Gasteiger partial charge in [0.05, 0.1) is 5.57 Å². The molecule has 0 aromatic heterocycles. The van der Waals surface area contributed by atoms with Gasteiger partial charge in [-0.1, -0.05) is 42.0 Å². The molecule has 0 spiro atoms. The summed E-state index contributed by atoms with van der Waals surface area (Å²) in [5.41, 5.74) is 0.892. The number of hydroxylamine groups is 2. The summed E-state index contributed by atoms with van der Waals surface area (Å²) in [6.45, 7) is 4.81. The molecule has 5 heteroatoms. The van der Waals surface area contributed by atoms with Gasteiger partial charge in [0.2, 0.25) is 0 Å². The molecule has 96 valence electrons. The number of imide groups is 1. The van der Waals surface area contributed by atoms with Crippen LogP contribution < -0.4 is 0 Å². The third kappa shape index (κ3) is 2.44. The maximum absolute atomic E-state index is 12.0. The number of carbonyl (C=O) groups is 3. The summed E-state index contributed by atoms with van der Waals surface area (Å²) in [4.78, 5) is 39.7. The minimum atomic E-state index is -0.815. The van der Waals surface area contributed by atoms with Crippen molar-refractivity contribution in [2.24, 2.45) is 0 Å². The summed E-state index contributed by atoms with van der Waals surface area (Å²) >= 11 is 0. The van der Waals surface area contributed by atoms with E-state index in [0.29, 0.717) is 10.6 Å². The number of hydrogen-bond acceptors (Lipinski definition) is 4. The van der Waals surface area contributed by atoms with Gasteiger partial charge in [-0.15, -0.1) is 0 Å². The molecule has 1 aromatic carbocycles. The van der Waals surface area contributed by atoms with E-state index in [1.807, 2.05) is 0 Å². The van der Waals surface area contributed by atoms with Gasteiger partial charge in [-0.2, -0.15) is 0 Å². The Labute approximate surface area is 109 Å². The standard InChI is InChI=1S/C14H11NO4/c1-9(2)14(18)19-15-12(16)8-11(13(15)17)10-6-4-3-5-7-10/h3-8H,1H2,2H3. The highest BCUT2D eigenvalue weighted by atomic mass is 16.7. The topological polar surface area (TPSA) is 63.7 Å². The third-order valence-corrected chi connectivity index (χ3v) is 2.49. The average molecular weight is 257 g/mol. The molecule has 0 N–H and O–H groups in total. The fourth-order valence-corrected chi connectivity index (χ4v) is 1.53. The summed E-state index contributed by atoms with van der Waals surface area (Å²) in [5.74, 6) is -2.16. The van der Waals surface area contributed by atoms with Crippen molar-refractivity contribution >= 4 is 23.4 Å². The Kier molecular flexibility index (Phi) is 3.29. The lowest BCUT2D eigenvalue weighted by atomic mass is 10.1. The van der Waals surface area contributed by atoms with Gasteiger partial charge in [0.1, 0.15) is 0 Å². The zero-order chi connectivity index (χ0) is 14.0. The molecule has 0 radical (unpaired) electrons. The van der Waals surface area contributed by atoms with Crippen LogP contribution in [0.3, 0.4) is 0 Å². The Morgan fingerprint density at radius 1 is 1.21 bits per heavy atom. The number of nitrogens with zero attached hydrogens (tertiary/aromatic N) is 1. The van der Waals surface area contributed by atoms with Gasteiger partial charge in [-0.25, -0.2) is 4.79 Å². The number of carbonyl (C=O) groups excluding carboxylic acids is 3. The first-order valence-electron chi connectivity index (χ1n) is 5.54. The molecule has 1 aliphatic heterocycles. The molecule has 1 heterocycles. The Morgan fingerprint density at radius 3 is 2.42 bits per heavy atom. The zero-order valence-corrected chi connectivity index (χ0v) is 10.3. The largest absolute Gasteiger partial charge is 0.359 e. The molecule has 0 unspecified atom stereocenters. The van der Waals surface area contributed by atoms with E-state index in [-0.39, 0.29) is 11.1 Å². The van der Waals surface area contributed by atoms with Crippen molar-refractivity contribution in [2.75, 3.05) is 0 Å². The molecular formula is C14H11NO4. The molecule has 1 aliphatic rings. The van der Waals surface area contributed by atoms with E-state index in [1.165, 1.54) is 6.92 Å². The fraction of sp³-hybridized carbons (Fsp3) is 0.0714. The molecule has 0 fully saturated rings. The molecule has 1 aromatic rings. The van der Waals surface area contributed by atoms with Crippen LogP contribution in [0.4, 0.5) is 0 Å². The molecule has 2 rings (SSSR count). The van der Waals surface area contributed by atoms with E-state index >= 15 is 0 Å². The van der Waals surface area contributed by atoms with E-state index < -0.39 is 17.8 Å². The molecule has 5 nitrogen and oxygen atoms in total. The van der Waals surface area contributed by atoms with Gasteiger partial charge in [0.15, 0.2) is 0 Å². The van der Waals surface area contributed by atoms with Gasteiger partial charge in [0, 0.05) is 11.6 Å². The number of hydrogen-bond donors (Lipinski definition) is 0. The highest BCUT2D eigenvalue weighted by molar-refractivity contribution is 6.33. The molecule has 2 amide bonds. The second-order valence-corrected chi connectivity index (χ2v) is 4.02. The van der Waals surface area contributed by atoms with Gasteiger partial charge in [-0.05, 0) is 12.5 Å². The zero-order valence-electron chi connectivity index (χ0n) is 10.3. The minimum Gasteiger partial charge on any atom is -0.325 e. The van der Waals surface area contributed by atoms with Crippen molar-refractivity contribution in [3.8, 4) is 0 Å². The average Bonchev–Trinajstić information content (AvgIpc) is 2.67. The summed E-state index contributed by atoms with van der Waals surface area (Å²) in [6, 6.07) is 8.68. The quantitative estimate of drug-likeness (QED) is 0.607. The molecule has 0 saturated carbocycles. The predicted octanol–water partition coefficient (Wildman–Crippen LogP) is 1.47. The smallest absolute Gasteiger partial charge is 0.325 e. The van der Waals surface area contributed by atoms with E-state index in [1.54, 1.807) is 30.3 Å². The van der Waals surface area contributed by atoms with Crippen LogP contribution in [0.2, 0.25) is 0 Å². The van der Waals surface area contributed by atoms with Gasteiger partial charge < -0.3 is 4.84 Å². The van der Waals surface area contributed by atoms with E-state index in [9.17, 15) is 14.4 Å². The molecule has 0 aliphatic carbocycles. The Balaban J connectivity index is 2.22. The van der Waals surface area contributed by atoms with Crippen molar-refractivity contribution in [1.82, 2.24) is 5.06 Å². The normalized spacial score (nSPS) is 14.4. The second-order valence-electron chi connectivity index (χ2n) is 4.02. The second kappa shape index (κ2) is 4.89. The lowest BCUT2D eigenvalue weighted by Crippen LogP contribution is -2.33. The molecular weight excluding hydrogens is 246 g/mol. The van der Waals surface area contributed by atoms with Gasteiger partial charge >= 0.3 is 5.97 Å². The number of amides is 2. The lowest BCUT2D eigenvalue weighted by molar-refractivity contribution is -0.192. The third-order valence-electron chi connectivity index (χ3n) is 2.49. The summed E-state index contributed by atoms with van der Waals surface area (Å²) in [5, 5.41) is 0.444. The monoisotopic (exact) mass is 257 g/mol. The van der Waals surface area contributed by atoms with Crippen LogP contribution in [0.1, 0.15) is 12.5 Å². The number of benzene rings is 1. The SMILES string of the molecule is C=C(C)C(=O)ON1C(=O)C=C(c2ccccc2)C1=O. The van der Waals surface area contributed by atoms with E-state index in [0.717, 1.165) is 6.08 Å². The summed E-state index contributed by atoms with van der Waals surface area (Å²) in [7, 11) is 0. The summed E-state index contributed by atoms with van der Waals surface area (Å²) in [6.07, 6.45) is 1.14. The van der Waals surface area contributed by atoms with Crippen molar-refractivity contribution in [3.63, 3.8) is 0 Å². The molecule has 19 heavy (non-hydrogen) atoms. The fourth-order valence-electron chi connectivity index (χ4n) is 1.53. The van der Waals surface area contributed by atoms with E-state index in [4.69, 9.17) is 4.84 Å². The molecule has 0 saturated heterocycles. The van der Waals surface area contributed by atoms with Crippen LogP contribution in [0.15, 0.2) is 48.6 Å². The first kappa shape index (κ1) is 12.8. The van der Waals surface area contributed by atoms with Crippen molar-refractivity contribution < 1.29 is 19.2 Å². The van der Waals surface area contributed by atoms with Gasteiger partial charge in [0.25, 0.3) is 11.8 Å². The van der Waals surface area contributed by atoms with Crippen LogP contribution in [-0.2, 0) is 19.2 Å². The molecule has 0 atom stereocenters. The maximum atomic E-state index is 12.0. The highest BCUT2D eigenvalue weighted by Crippen LogP contribution is 2.23. The Morgan fingerprint density at radius 2 is 1.84 bits per heavy atom. The Hall–Kier alpha value is -2.69. The van der Waals surface area contributed by atoms with E-state index in [2.05, 4.69) is 6.58 Å². The highest BCUT2D eigenvalue weighted by Gasteiger charge is 2.35. The summed E-state index contributed by atoms with van der Waals surface area (Å²) < 4.78 is 0. The molecule has 0 bridgehead atoms. The first-order valence-corrected chi connectivity index (χ1v) is 5.54. The first-order chi connectivity index (χ1) is 9.00. The van der Waals surface area contributed by atoms with Crippen molar-refractivity contribution in [2.45, 2.75) is 6.92 Å².